The molecule has 2 aromatic rings. The quantitative estimate of drug-likeness (QED) is 0.881. The molecule has 3 N–H and O–H groups in total. The second-order valence-corrected chi connectivity index (χ2v) is 5.77. The van der Waals surface area contributed by atoms with Gasteiger partial charge in [0.05, 0.1) is 0 Å². The van der Waals surface area contributed by atoms with Gasteiger partial charge in [0.25, 0.3) is 0 Å². The Labute approximate surface area is 123 Å². The maximum absolute atomic E-state index is 11.8. The number of carbonyl (C=O) groups excluding carboxylic acids is 1. The van der Waals surface area contributed by atoms with Gasteiger partial charge in [-0.05, 0) is 39.3 Å². The first-order valence-corrected chi connectivity index (χ1v) is 6.58. The van der Waals surface area contributed by atoms with Crippen molar-refractivity contribution in [3.8, 4) is 11.3 Å². The van der Waals surface area contributed by atoms with Gasteiger partial charge in [0, 0.05) is 17.3 Å². The molecule has 0 spiro atoms. The van der Waals surface area contributed by atoms with Crippen molar-refractivity contribution >= 4 is 17.6 Å². The summed E-state index contributed by atoms with van der Waals surface area (Å²) in [5, 5.41) is 6.37. The molecule has 2 rings (SSSR count). The molecule has 1 aromatic carbocycles. The van der Waals surface area contributed by atoms with Gasteiger partial charge in [0.15, 0.2) is 11.6 Å². The molecule has 0 aliphatic rings. The van der Waals surface area contributed by atoms with Crippen molar-refractivity contribution in [2.45, 2.75) is 33.3 Å². The van der Waals surface area contributed by atoms with Crippen LogP contribution in [0.15, 0.2) is 28.8 Å². The van der Waals surface area contributed by atoms with E-state index in [-0.39, 0.29) is 0 Å². The fourth-order valence-corrected chi connectivity index (χ4v) is 1.75. The first-order chi connectivity index (χ1) is 9.74. The molecule has 6 nitrogen and oxygen atoms in total. The van der Waals surface area contributed by atoms with Crippen LogP contribution < -0.4 is 11.1 Å². The van der Waals surface area contributed by atoms with Crippen LogP contribution in [0.2, 0.25) is 0 Å². The van der Waals surface area contributed by atoms with E-state index in [0.29, 0.717) is 17.3 Å². The summed E-state index contributed by atoms with van der Waals surface area (Å²) in [7, 11) is 0. The predicted octanol–water partition coefficient (Wildman–Crippen LogP) is 3.58. The Balaban J connectivity index is 2.22. The summed E-state index contributed by atoms with van der Waals surface area (Å²) >= 11 is 0. The van der Waals surface area contributed by atoms with E-state index in [0.717, 1.165) is 11.1 Å². The number of hydrogen-bond donors (Lipinski definition) is 2. The molecule has 1 amide bonds. The van der Waals surface area contributed by atoms with Crippen LogP contribution in [0.1, 0.15) is 26.3 Å². The largest absolute Gasteiger partial charge is 0.444 e. The number of benzene rings is 1. The van der Waals surface area contributed by atoms with Crippen LogP contribution in [0.4, 0.5) is 16.3 Å². The van der Waals surface area contributed by atoms with Gasteiger partial charge in [0.1, 0.15) is 5.60 Å². The Hall–Kier alpha value is -2.50. The number of rotatable bonds is 2. The zero-order chi connectivity index (χ0) is 15.6. The van der Waals surface area contributed by atoms with Crippen LogP contribution in [0, 0.1) is 6.92 Å². The molecule has 0 atom stereocenters. The predicted molar refractivity (Wildman–Crippen MR) is 80.9 cm³/mol. The molecule has 0 saturated carbocycles. The van der Waals surface area contributed by atoms with Gasteiger partial charge in [0.2, 0.25) is 0 Å². The first-order valence-electron chi connectivity index (χ1n) is 6.58. The minimum Gasteiger partial charge on any atom is -0.444 e. The third-order valence-corrected chi connectivity index (χ3v) is 2.69. The smallest absolute Gasteiger partial charge is 0.412 e. The lowest BCUT2D eigenvalue weighted by atomic mass is 10.1. The Bertz CT molecular complexity index is 656. The van der Waals surface area contributed by atoms with Crippen LogP contribution in [-0.2, 0) is 4.74 Å². The average Bonchev–Trinajstić information content (AvgIpc) is 2.76. The van der Waals surface area contributed by atoms with E-state index < -0.39 is 11.7 Å². The van der Waals surface area contributed by atoms with Gasteiger partial charge in [-0.1, -0.05) is 17.3 Å². The number of nitrogen functional groups attached to an aromatic ring is 1. The normalized spacial score (nSPS) is 11.2. The standard InChI is InChI=1S/C15H19N3O3/c1-9-5-6-10(12-8-13(16)18-21-12)7-11(9)17-14(19)20-15(2,3)4/h5-8H,1-4H3,(H2,16,18)(H,17,19). The fourth-order valence-electron chi connectivity index (χ4n) is 1.75. The zero-order valence-electron chi connectivity index (χ0n) is 12.6. The Morgan fingerprint density at radius 3 is 2.62 bits per heavy atom. The number of aryl methyl sites for hydroxylation is 1. The Morgan fingerprint density at radius 2 is 2.05 bits per heavy atom. The molecule has 0 radical (unpaired) electrons. The molecule has 112 valence electrons. The van der Waals surface area contributed by atoms with Gasteiger partial charge in [-0.2, -0.15) is 0 Å². The number of nitrogens with zero attached hydrogens (tertiary/aromatic N) is 1. The minimum absolute atomic E-state index is 0.312. The van der Waals surface area contributed by atoms with Crippen LogP contribution in [-0.4, -0.2) is 16.9 Å². The summed E-state index contributed by atoms with van der Waals surface area (Å²) in [6.07, 6.45) is -0.500. The summed E-state index contributed by atoms with van der Waals surface area (Å²) in [6.45, 7) is 7.33. The molecule has 1 aromatic heterocycles. The van der Waals surface area contributed by atoms with Crippen molar-refractivity contribution in [3.63, 3.8) is 0 Å². The zero-order valence-corrected chi connectivity index (χ0v) is 12.6. The summed E-state index contributed by atoms with van der Waals surface area (Å²) in [5.41, 5.74) is 7.33. The molecule has 0 aliphatic heterocycles. The molecule has 0 fully saturated rings. The molecular weight excluding hydrogens is 270 g/mol. The van der Waals surface area contributed by atoms with E-state index in [1.54, 1.807) is 12.1 Å². The summed E-state index contributed by atoms with van der Waals surface area (Å²) in [6, 6.07) is 7.16. The highest BCUT2D eigenvalue weighted by atomic mass is 16.6. The third-order valence-electron chi connectivity index (χ3n) is 2.69. The Morgan fingerprint density at radius 1 is 1.33 bits per heavy atom. The number of carbonyl (C=O) groups is 1. The lowest BCUT2D eigenvalue weighted by Crippen LogP contribution is -2.27. The minimum atomic E-state index is -0.547. The lowest BCUT2D eigenvalue weighted by molar-refractivity contribution is 0.0636. The highest BCUT2D eigenvalue weighted by molar-refractivity contribution is 5.87. The van der Waals surface area contributed by atoms with Crippen LogP contribution >= 0.6 is 0 Å². The van der Waals surface area contributed by atoms with E-state index in [1.807, 2.05) is 39.8 Å². The van der Waals surface area contributed by atoms with E-state index in [9.17, 15) is 4.79 Å². The maximum atomic E-state index is 11.8. The number of ether oxygens (including phenoxy) is 1. The van der Waals surface area contributed by atoms with Crippen molar-refractivity contribution in [1.82, 2.24) is 5.16 Å². The van der Waals surface area contributed by atoms with Crippen molar-refractivity contribution in [2.75, 3.05) is 11.1 Å². The van der Waals surface area contributed by atoms with Crippen molar-refractivity contribution < 1.29 is 14.1 Å². The Kier molecular flexibility index (Phi) is 3.88. The number of aromatic nitrogens is 1. The number of hydrogen-bond acceptors (Lipinski definition) is 5. The van der Waals surface area contributed by atoms with Gasteiger partial charge in [-0.3, -0.25) is 5.32 Å². The number of amides is 1. The summed E-state index contributed by atoms with van der Waals surface area (Å²) in [5.74, 6) is 0.854. The fraction of sp³-hybridized carbons (Fsp3) is 0.333. The van der Waals surface area contributed by atoms with Crippen LogP contribution in [0.3, 0.4) is 0 Å². The van der Waals surface area contributed by atoms with Crippen molar-refractivity contribution in [2.24, 2.45) is 0 Å². The van der Waals surface area contributed by atoms with Gasteiger partial charge in [-0.15, -0.1) is 0 Å². The third kappa shape index (κ3) is 3.98. The summed E-state index contributed by atoms with van der Waals surface area (Å²) < 4.78 is 10.4. The van der Waals surface area contributed by atoms with Gasteiger partial charge in [-0.25, -0.2) is 4.79 Å². The highest BCUT2D eigenvalue weighted by Gasteiger charge is 2.17. The van der Waals surface area contributed by atoms with E-state index in [1.165, 1.54) is 0 Å². The average molecular weight is 289 g/mol. The number of anilines is 2. The van der Waals surface area contributed by atoms with Crippen LogP contribution in [0.25, 0.3) is 11.3 Å². The first kappa shape index (κ1) is 14.9. The molecule has 0 unspecified atom stereocenters. The molecule has 0 saturated heterocycles. The van der Waals surface area contributed by atoms with Crippen LogP contribution in [0.5, 0.6) is 0 Å². The maximum Gasteiger partial charge on any atom is 0.412 e. The number of nitrogens with two attached hydrogens (primary N) is 1. The molecule has 0 bridgehead atoms. The second kappa shape index (κ2) is 5.47. The SMILES string of the molecule is Cc1ccc(-c2cc(N)no2)cc1NC(=O)OC(C)(C)C. The van der Waals surface area contributed by atoms with E-state index in [4.69, 9.17) is 15.0 Å². The topological polar surface area (TPSA) is 90.4 Å². The summed E-state index contributed by atoms with van der Waals surface area (Å²) in [4.78, 5) is 11.8. The number of nitrogens with one attached hydrogen (secondary N) is 1. The monoisotopic (exact) mass is 289 g/mol. The van der Waals surface area contributed by atoms with Gasteiger partial charge < -0.3 is 15.0 Å². The van der Waals surface area contributed by atoms with Gasteiger partial charge >= 0.3 is 6.09 Å². The molecule has 6 heteroatoms. The molecule has 21 heavy (non-hydrogen) atoms. The van der Waals surface area contributed by atoms with Crippen molar-refractivity contribution in [3.05, 3.63) is 29.8 Å². The molecule has 0 aliphatic carbocycles. The molecular formula is C15H19N3O3. The van der Waals surface area contributed by atoms with Crippen molar-refractivity contribution in [1.29, 1.82) is 0 Å². The van der Waals surface area contributed by atoms with E-state index >= 15 is 0 Å². The van der Waals surface area contributed by atoms with E-state index in [2.05, 4.69) is 10.5 Å². The lowest BCUT2D eigenvalue weighted by Gasteiger charge is -2.20. The second-order valence-electron chi connectivity index (χ2n) is 5.77. The highest BCUT2D eigenvalue weighted by Crippen LogP contribution is 2.27. The molecule has 1 heterocycles.